The van der Waals surface area contributed by atoms with Crippen LogP contribution in [-0.2, 0) is 0 Å². The van der Waals surface area contributed by atoms with Gasteiger partial charge < -0.3 is 9.40 Å². The van der Waals surface area contributed by atoms with Gasteiger partial charge in [-0.3, -0.25) is 10.1 Å². The van der Waals surface area contributed by atoms with E-state index in [1.165, 1.54) is 12.5 Å². The third-order valence-corrected chi connectivity index (χ3v) is 3.07. The van der Waals surface area contributed by atoms with Gasteiger partial charge in [0.15, 0.2) is 0 Å². The average Bonchev–Trinajstić information content (AvgIpc) is 2.96. The maximum absolute atomic E-state index is 11.7. The van der Waals surface area contributed by atoms with E-state index in [9.17, 15) is 4.79 Å². The molecule has 0 spiro atoms. The zero-order chi connectivity index (χ0) is 12.4. The highest BCUT2D eigenvalue weighted by Gasteiger charge is 2.08. The van der Waals surface area contributed by atoms with E-state index in [-0.39, 0.29) is 5.24 Å². The zero-order valence-electron chi connectivity index (χ0n) is 9.21. The summed E-state index contributed by atoms with van der Waals surface area (Å²) in [5, 5.41) is 2.47. The van der Waals surface area contributed by atoms with Crippen LogP contribution in [0.2, 0.25) is 0 Å². The second-order valence-electron chi connectivity index (χ2n) is 3.58. The minimum Gasteiger partial charge on any atom is -0.471 e. The lowest BCUT2D eigenvalue weighted by Crippen LogP contribution is -2.05. The number of nitrogens with zero attached hydrogens (tertiary/aromatic N) is 1. The van der Waals surface area contributed by atoms with Crippen molar-refractivity contribution < 1.29 is 9.21 Å². The molecule has 0 saturated carbocycles. The third kappa shape index (κ3) is 2.23. The number of hydrogen-bond donors (Lipinski definition) is 2. The Kier molecular flexibility index (Phi) is 2.77. The van der Waals surface area contributed by atoms with Gasteiger partial charge in [0.1, 0.15) is 6.26 Å². The van der Waals surface area contributed by atoms with Crippen molar-refractivity contribution in [2.24, 2.45) is 0 Å². The number of benzene rings is 1. The fraction of sp³-hybridized carbons (Fsp3) is 0. The summed E-state index contributed by atoms with van der Waals surface area (Å²) in [5.41, 5.74) is 1.71. The Morgan fingerprint density at radius 3 is 3.00 bits per heavy atom. The summed E-state index contributed by atoms with van der Waals surface area (Å²) in [7, 11) is 0. The van der Waals surface area contributed by atoms with Gasteiger partial charge >= 0.3 is 0 Å². The predicted octanol–water partition coefficient (Wildman–Crippen LogP) is 3.48. The minimum absolute atomic E-state index is 0.213. The number of carbonyl (C=O) groups is 1. The number of hydrogen-bond acceptors (Lipinski definition) is 4. The van der Waals surface area contributed by atoms with Gasteiger partial charge in [-0.2, -0.15) is 0 Å². The molecular weight excluding hydrogens is 250 g/mol. The standard InChI is InChI=1S/C12H9N3O2S/c16-12(18-8-5-6-17-7-8)15-11-13-9-3-1-2-4-10(9)14-11/h1-7H,(H2,13,14,15,16). The van der Waals surface area contributed by atoms with E-state index < -0.39 is 0 Å². The number of thioether (sulfide) groups is 1. The fourth-order valence-electron chi connectivity index (χ4n) is 1.55. The molecule has 1 aromatic carbocycles. The number of rotatable bonds is 2. The average molecular weight is 259 g/mol. The highest BCUT2D eigenvalue weighted by Crippen LogP contribution is 2.21. The van der Waals surface area contributed by atoms with Crippen LogP contribution in [0.1, 0.15) is 0 Å². The van der Waals surface area contributed by atoms with Crippen LogP contribution in [0.4, 0.5) is 10.7 Å². The first-order valence-corrected chi connectivity index (χ1v) is 6.09. The van der Waals surface area contributed by atoms with Crippen LogP contribution in [0.25, 0.3) is 11.0 Å². The quantitative estimate of drug-likeness (QED) is 0.691. The number of para-hydroxylation sites is 2. The van der Waals surface area contributed by atoms with Gasteiger partial charge in [0.05, 0.1) is 22.2 Å². The largest absolute Gasteiger partial charge is 0.471 e. The van der Waals surface area contributed by atoms with Gasteiger partial charge in [-0.05, 0) is 30.0 Å². The van der Waals surface area contributed by atoms with E-state index in [2.05, 4.69) is 15.3 Å². The monoisotopic (exact) mass is 259 g/mol. The minimum atomic E-state index is -0.213. The first-order chi connectivity index (χ1) is 8.81. The number of imidazole rings is 1. The van der Waals surface area contributed by atoms with Crippen molar-refractivity contribution in [3.05, 3.63) is 42.9 Å². The van der Waals surface area contributed by atoms with Crippen LogP contribution in [0, 0.1) is 0 Å². The fourth-order valence-corrected chi connectivity index (χ4v) is 2.14. The van der Waals surface area contributed by atoms with Crippen molar-refractivity contribution in [3.8, 4) is 0 Å². The summed E-state index contributed by atoms with van der Waals surface area (Å²) in [5.74, 6) is 0.442. The summed E-state index contributed by atoms with van der Waals surface area (Å²) >= 11 is 1.05. The van der Waals surface area contributed by atoms with Crippen molar-refractivity contribution in [1.29, 1.82) is 0 Å². The zero-order valence-corrected chi connectivity index (χ0v) is 10.0. The maximum Gasteiger partial charge on any atom is 0.290 e. The molecule has 0 radical (unpaired) electrons. The number of H-pyrrole nitrogens is 1. The summed E-state index contributed by atoms with van der Waals surface area (Å²) in [4.78, 5) is 19.7. The molecule has 0 aliphatic carbocycles. The number of fused-ring (bicyclic) bond motifs is 1. The third-order valence-electron chi connectivity index (χ3n) is 2.32. The molecule has 0 unspecified atom stereocenters. The van der Waals surface area contributed by atoms with Crippen LogP contribution in [0.15, 0.2) is 52.2 Å². The molecule has 90 valence electrons. The first-order valence-electron chi connectivity index (χ1n) is 5.27. The highest BCUT2D eigenvalue weighted by molar-refractivity contribution is 8.13. The van der Waals surface area contributed by atoms with Crippen molar-refractivity contribution >= 4 is 34.0 Å². The van der Waals surface area contributed by atoms with Gasteiger partial charge in [-0.15, -0.1) is 0 Å². The van der Waals surface area contributed by atoms with Gasteiger partial charge in [-0.1, -0.05) is 12.1 Å². The molecule has 0 atom stereocenters. The maximum atomic E-state index is 11.7. The molecule has 0 fully saturated rings. The van der Waals surface area contributed by atoms with Gasteiger partial charge in [0.2, 0.25) is 5.95 Å². The number of nitrogens with one attached hydrogen (secondary N) is 2. The Hall–Kier alpha value is -2.21. The molecule has 2 heterocycles. The van der Waals surface area contributed by atoms with Gasteiger partial charge in [-0.25, -0.2) is 4.98 Å². The SMILES string of the molecule is O=C(Nc1nc2ccccc2[nH]1)Sc1ccoc1. The lowest BCUT2D eigenvalue weighted by molar-refractivity contribution is 0.269. The van der Waals surface area contributed by atoms with Crippen molar-refractivity contribution in [2.45, 2.75) is 4.90 Å². The second kappa shape index (κ2) is 4.58. The molecule has 0 saturated heterocycles. The number of aromatic amines is 1. The topological polar surface area (TPSA) is 70.9 Å². The van der Waals surface area contributed by atoms with E-state index in [4.69, 9.17) is 4.42 Å². The van der Waals surface area contributed by atoms with Crippen molar-refractivity contribution in [2.75, 3.05) is 5.32 Å². The smallest absolute Gasteiger partial charge is 0.290 e. The summed E-state index contributed by atoms with van der Waals surface area (Å²) < 4.78 is 4.89. The molecule has 3 aromatic rings. The second-order valence-corrected chi connectivity index (χ2v) is 4.62. The van der Waals surface area contributed by atoms with Crippen molar-refractivity contribution in [1.82, 2.24) is 9.97 Å². The summed E-state index contributed by atoms with van der Waals surface area (Å²) in [6.45, 7) is 0. The highest BCUT2D eigenvalue weighted by atomic mass is 32.2. The number of amides is 1. The molecule has 0 aliphatic heterocycles. The normalized spacial score (nSPS) is 10.7. The molecule has 5 nitrogen and oxygen atoms in total. The Balaban J connectivity index is 1.74. The molecule has 1 amide bonds. The molecule has 3 rings (SSSR count). The Morgan fingerprint density at radius 1 is 1.33 bits per heavy atom. The van der Waals surface area contributed by atoms with Gasteiger partial charge in [0.25, 0.3) is 5.24 Å². The molecule has 6 heteroatoms. The lowest BCUT2D eigenvalue weighted by atomic mass is 10.3. The molecule has 2 aromatic heterocycles. The van der Waals surface area contributed by atoms with Crippen LogP contribution in [0.5, 0.6) is 0 Å². The van der Waals surface area contributed by atoms with Crippen LogP contribution >= 0.6 is 11.8 Å². The molecule has 18 heavy (non-hydrogen) atoms. The molecule has 0 aliphatic rings. The van der Waals surface area contributed by atoms with Gasteiger partial charge in [0, 0.05) is 0 Å². The molecule has 2 N–H and O–H groups in total. The Morgan fingerprint density at radius 2 is 2.22 bits per heavy atom. The van der Waals surface area contributed by atoms with E-state index >= 15 is 0 Å². The number of aromatic nitrogens is 2. The van der Waals surface area contributed by atoms with Crippen LogP contribution in [0.3, 0.4) is 0 Å². The van der Waals surface area contributed by atoms with Crippen LogP contribution < -0.4 is 5.32 Å². The predicted molar refractivity (Wildman–Crippen MR) is 69.7 cm³/mol. The van der Waals surface area contributed by atoms with E-state index in [1.807, 2.05) is 24.3 Å². The van der Waals surface area contributed by atoms with Crippen LogP contribution in [-0.4, -0.2) is 15.2 Å². The number of furan rings is 1. The van der Waals surface area contributed by atoms with E-state index in [0.29, 0.717) is 5.95 Å². The summed E-state index contributed by atoms with van der Waals surface area (Å²) in [6.07, 6.45) is 3.04. The summed E-state index contributed by atoms with van der Waals surface area (Å²) in [6, 6.07) is 9.32. The first kappa shape index (κ1) is 10.9. The number of carbonyl (C=O) groups excluding carboxylic acids is 1. The van der Waals surface area contributed by atoms with Crippen molar-refractivity contribution in [3.63, 3.8) is 0 Å². The van der Waals surface area contributed by atoms with E-state index in [0.717, 1.165) is 27.7 Å². The molecule has 0 bridgehead atoms. The number of anilines is 1. The molecular formula is C12H9N3O2S. The Labute approximate surface area is 107 Å². The van der Waals surface area contributed by atoms with E-state index in [1.54, 1.807) is 6.07 Å². The Bertz CT molecular complexity index is 643. The lowest BCUT2D eigenvalue weighted by Gasteiger charge is -1.98.